The molecule has 0 atom stereocenters. The predicted octanol–water partition coefficient (Wildman–Crippen LogP) is 4.86. The average molecular weight is 249 g/mol. The Morgan fingerprint density at radius 3 is 2.32 bits per heavy atom. The minimum absolute atomic E-state index is 0.987. The highest BCUT2D eigenvalue weighted by Gasteiger charge is 1.92. The molecule has 0 spiro atoms. The maximum atomic E-state index is 4.47. The van der Waals surface area contributed by atoms with Crippen molar-refractivity contribution in [3.05, 3.63) is 77.9 Å². The second-order valence-electron chi connectivity index (χ2n) is 4.66. The summed E-state index contributed by atoms with van der Waals surface area (Å²) in [6, 6.07) is 16.7. The van der Waals surface area contributed by atoms with Crippen molar-refractivity contribution >= 4 is 11.9 Å². The standard InChI is InChI=1S/C18H19N/c1-3-4-5-16-8-10-17(11-9-16)14-19-18-12-6-15(2)7-13-18/h3,6-14H,1,4-5H2,2H3/b19-14+. The van der Waals surface area contributed by atoms with E-state index in [1.165, 1.54) is 11.1 Å². The molecule has 0 unspecified atom stereocenters. The van der Waals surface area contributed by atoms with Crippen molar-refractivity contribution in [2.45, 2.75) is 19.8 Å². The quantitative estimate of drug-likeness (QED) is 0.530. The van der Waals surface area contributed by atoms with E-state index in [1.807, 2.05) is 24.4 Å². The van der Waals surface area contributed by atoms with Crippen LogP contribution in [0.3, 0.4) is 0 Å². The van der Waals surface area contributed by atoms with Crippen LogP contribution in [0.1, 0.15) is 23.1 Å². The van der Waals surface area contributed by atoms with Gasteiger partial charge in [0.15, 0.2) is 0 Å². The van der Waals surface area contributed by atoms with Crippen LogP contribution in [-0.4, -0.2) is 6.21 Å². The third-order valence-corrected chi connectivity index (χ3v) is 3.01. The Balaban J connectivity index is 2.02. The minimum atomic E-state index is 0.987. The molecule has 2 aromatic carbocycles. The lowest BCUT2D eigenvalue weighted by molar-refractivity contribution is 1.00. The molecule has 96 valence electrons. The number of hydrogen-bond acceptors (Lipinski definition) is 1. The molecule has 1 nitrogen and oxygen atoms in total. The smallest absolute Gasteiger partial charge is 0.0630 e. The Bertz CT molecular complexity index is 547. The van der Waals surface area contributed by atoms with E-state index in [1.54, 1.807) is 0 Å². The molecule has 0 aromatic heterocycles. The maximum absolute atomic E-state index is 4.47. The van der Waals surface area contributed by atoms with Crippen molar-refractivity contribution in [2.75, 3.05) is 0 Å². The molecule has 0 aliphatic rings. The van der Waals surface area contributed by atoms with Gasteiger partial charge >= 0.3 is 0 Å². The molecule has 0 radical (unpaired) electrons. The first-order valence-corrected chi connectivity index (χ1v) is 6.58. The van der Waals surface area contributed by atoms with Gasteiger partial charge in [0.2, 0.25) is 0 Å². The highest BCUT2D eigenvalue weighted by molar-refractivity contribution is 5.81. The third kappa shape index (κ3) is 4.22. The average Bonchev–Trinajstić information content (AvgIpc) is 2.46. The van der Waals surface area contributed by atoms with Crippen LogP contribution in [-0.2, 0) is 6.42 Å². The fourth-order valence-corrected chi connectivity index (χ4v) is 1.82. The van der Waals surface area contributed by atoms with E-state index in [-0.39, 0.29) is 0 Å². The van der Waals surface area contributed by atoms with Crippen LogP contribution in [0.15, 0.2) is 66.2 Å². The van der Waals surface area contributed by atoms with E-state index < -0.39 is 0 Å². The SMILES string of the molecule is C=CCCc1ccc(/C=N/c2ccc(C)cc2)cc1. The van der Waals surface area contributed by atoms with Gasteiger partial charge in [-0.15, -0.1) is 6.58 Å². The largest absolute Gasteiger partial charge is 0.256 e. The molecule has 2 rings (SSSR count). The first-order chi connectivity index (χ1) is 9.28. The number of benzene rings is 2. The summed E-state index contributed by atoms with van der Waals surface area (Å²) in [5, 5.41) is 0. The summed E-state index contributed by atoms with van der Waals surface area (Å²) >= 11 is 0. The molecule has 0 saturated carbocycles. The van der Waals surface area contributed by atoms with E-state index in [0.717, 1.165) is 24.1 Å². The number of aryl methyl sites for hydroxylation is 2. The molecule has 0 heterocycles. The van der Waals surface area contributed by atoms with Crippen LogP contribution in [0.2, 0.25) is 0 Å². The van der Waals surface area contributed by atoms with Crippen LogP contribution in [0.4, 0.5) is 5.69 Å². The van der Waals surface area contributed by atoms with Crippen LogP contribution in [0, 0.1) is 6.92 Å². The lowest BCUT2D eigenvalue weighted by Gasteiger charge is -1.99. The van der Waals surface area contributed by atoms with E-state index in [9.17, 15) is 0 Å². The summed E-state index contributed by atoms with van der Waals surface area (Å²) in [5.74, 6) is 0. The Kier molecular flexibility index (Phi) is 4.68. The molecule has 0 aliphatic carbocycles. The monoisotopic (exact) mass is 249 g/mol. The fraction of sp³-hybridized carbons (Fsp3) is 0.167. The predicted molar refractivity (Wildman–Crippen MR) is 83.4 cm³/mol. The molecule has 19 heavy (non-hydrogen) atoms. The van der Waals surface area contributed by atoms with Gasteiger partial charge < -0.3 is 0 Å². The molecule has 1 heteroatoms. The van der Waals surface area contributed by atoms with E-state index in [4.69, 9.17) is 0 Å². The summed E-state index contributed by atoms with van der Waals surface area (Å²) in [5.41, 5.74) is 4.71. The van der Waals surface area contributed by atoms with E-state index in [0.29, 0.717) is 0 Å². The van der Waals surface area contributed by atoms with Crippen molar-refractivity contribution in [3.63, 3.8) is 0 Å². The fourth-order valence-electron chi connectivity index (χ4n) is 1.82. The first-order valence-electron chi connectivity index (χ1n) is 6.58. The van der Waals surface area contributed by atoms with Gasteiger partial charge in [-0.05, 0) is 43.0 Å². The van der Waals surface area contributed by atoms with Gasteiger partial charge in [0, 0.05) is 6.21 Å². The van der Waals surface area contributed by atoms with Crippen LogP contribution < -0.4 is 0 Å². The molecular formula is C18H19N. The second-order valence-corrected chi connectivity index (χ2v) is 4.66. The van der Waals surface area contributed by atoms with Gasteiger partial charge in [-0.3, -0.25) is 4.99 Å². The summed E-state index contributed by atoms with van der Waals surface area (Å²) in [6.45, 7) is 5.82. The number of aliphatic imine (C=N–C) groups is 1. The van der Waals surface area contributed by atoms with Gasteiger partial charge in [-0.25, -0.2) is 0 Å². The second kappa shape index (κ2) is 6.69. The highest BCUT2D eigenvalue weighted by Crippen LogP contribution is 2.13. The lowest BCUT2D eigenvalue weighted by atomic mass is 10.1. The molecule has 0 bridgehead atoms. The highest BCUT2D eigenvalue weighted by atomic mass is 14.7. The van der Waals surface area contributed by atoms with Crippen molar-refractivity contribution in [1.29, 1.82) is 0 Å². The number of allylic oxidation sites excluding steroid dienone is 1. The zero-order chi connectivity index (χ0) is 13.5. The molecule has 2 aromatic rings. The van der Waals surface area contributed by atoms with Gasteiger partial charge in [-0.2, -0.15) is 0 Å². The molecule has 0 fully saturated rings. The lowest BCUT2D eigenvalue weighted by Crippen LogP contribution is -1.85. The summed E-state index contributed by atoms with van der Waals surface area (Å²) in [4.78, 5) is 4.47. The Morgan fingerprint density at radius 1 is 1.00 bits per heavy atom. The summed E-state index contributed by atoms with van der Waals surface area (Å²) in [7, 11) is 0. The molecule has 0 N–H and O–H groups in total. The summed E-state index contributed by atoms with van der Waals surface area (Å²) < 4.78 is 0. The van der Waals surface area contributed by atoms with Gasteiger partial charge in [-0.1, -0.05) is 48.0 Å². The van der Waals surface area contributed by atoms with Crippen molar-refractivity contribution in [1.82, 2.24) is 0 Å². The normalized spacial score (nSPS) is 10.8. The number of nitrogens with zero attached hydrogens (tertiary/aromatic N) is 1. The Labute approximate surface area is 115 Å². The molecule has 0 amide bonds. The number of hydrogen-bond donors (Lipinski definition) is 0. The van der Waals surface area contributed by atoms with Gasteiger partial charge in [0.25, 0.3) is 0 Å². The zero-order valence-corrected chi connectivity index (χ0v) is 11.3. The van der Waals surface area contributed by atoms with Crippen LogP contribution in [0.25, 0.3) is 0 Å². The molecule has 0 saturated heterocycles. The topological polar surface area (TPSA) is 12.4 Å². The molecular weight excluding hydrogens is 230 g/mol. The first kappa shape index (κ1) is 13.3. The Hall–Kier alpha value is -2.15. The van der Waals surface area contributed by atoms with Gasteiger partial charge in [0.05, 0.1) is 5.69 Å². The number of rotatable bonds is 5. The maximum Gasteiger partial charge on any atom is 0.0630 e. The minimum Gasteiger partial charge on any atom is -0.256 e. The van der Waals surface area contributed by atoms with Crippen LogP contribution >= 0.6 is 0 Å². The Morgan fingerprint density at radius 2 is 1.68 bits per heavy atom. The third-order valence-electron chi connectivity index (χ3n) is 3.01. The zero-order valence-electron chi connectivity index (χ0n) is 11.3. The van der Waals surface area contributed by atoms with E-state index >= 15 is 0 Å². The van der Waals surface area contributed by atoms with E-state index in [2.05, 4.69) is 54.9 Å². The van der Waals surface area contributed by atoms with Crippen molar-refractivity contribution in [3.8, 4) is 0 Å². The summed E-state index contributed by atoms with van der Waals surface area (Å²) in [6.07, 6.45) is 5.93. The molecule has 0 aliphatic heterocycles. The van der Waals surface area contributed by atoms with Crippen LogP contribution in [0.5, 0.6) is 0 Å². The van der Waals surface area contributed by atoms with Crippen molar-refractivity contribution in [2.24, 2.45) is 4.99 Å². The van der Waals surface area contributed by atoms with Crippen molar-refractivity contribution < 1.29 is 0 Å². The van der Waals surface area contributed by atoms with Gasteiger partial charge in [0.1, 0.15) is 0 Å².